The molecule has 0 radical (unpaired) electrons. The third-order valence-corrected chi connectivity index (χ3v) is 3.89. The van der Waals surface area contributed by atoms with E-state index in [-0.39, 0.29) is 0 Å². The number of rotatable bonds is 6. The molecule has 0 fully saturated rings. The average molecular weight is 340 g/mol. The molecule has 2 aromatic rings. The summed E-state index contributed by atoms with van der Waals surface area (Å²) in [5.74, 6) is 1.34. The molecule has 1 N–H and O–H groups in total. The molecule has 0 amide bonds. The van der Waals surface area contributed by atoms with Crippen LogP contribution < -0.4 is 14.8 Å². The third-order valence-electron chi connectivity index (χ3n) is 3.26. The molecule has 0 saturated heterocycles. The first-order valence-electron chi connectivity index (χ1n) is 7.04. The van der Waals surface area contributed by atoms with Gasteiger partial charge in [0.05, 0.1) is 13.7 Å². The van der Waals surface area contributed by atoms with E-state index in [1.165, 1.54) is 0 Å². The highest BCUT2D eigenvalue weighted by molar-refractivity contribution is 6.31. The fraction of sp³-hybridized carbons (Fsp3) is 0.294. The van der Waals surface area contributed by atoms with Gasteiger partial charge in [0.1, 0.15) is 0 Å². The van der Waals surface area contributed by atoms with Crippen LogP contribution in [0.3, 0.4) is 0 Å². The molecule has 0 unspecified atom stereocenters. The Bertz CT molecular complexity index is 659. The van der Waals surface area contributed by atoms with Crippen LogP contribution in [0.25, 0.3) is 0 Å². The minimum Gasteiger partial charge on any atom is -0.493 e. The van der Waals surface area contributed by atoms with E-state index < -0.39 is 0 Å². The SMILES string of the molecule is CCOc1c(CNc2ccc(C)c(Cl)c2)cc(Cl)cc1OC. The summed E-state index contributed by atoms with van der Waals surface area (Å²) >= 11 is 12.3. The lowest BCUT2D eigenvalue weighted by Gasteiger charge is -2.16. The summed E-state index contributed by atoms with van der Waals surface area (Å²) in [7, 11) is 1.60. The Balaban J connectivity index is 2.24. The summed E-state index contributed by atoms with van der Waals surface area (Å²) in [6.07, 6.45) is 0. The molecule has 3 nitrogen and oxygen atoms in total. The van der Waals surface area contributed by atoms with Gasteiger partial charge in [0, 0.05) is 33.9 Å². The molecule has 0 aromatic heterocycles. The summed E-state index contributed by atoms with van der Waals surface area (Å²) < 4.78 is 11.0. The molecule has 118 valence electrons. The quantitative estimate of drug-likeness (QED) is 0.772. The van der Waals surface area contributed by atoms with E-state index in [9.17, 15) is 0 Å². The van der Waals surface area contributed by atoms with Crippen molar-refractivity contribution in [2.45, 2.75) is 20.4 Å². The van der Waals surface area contributed by atoms with Crippen molar-refractivity contribution >= 4 is 28.9 Å². The molecule has 0 heterocycles. The van der Waals surface area contributed by atoms with Crippen LogP contribution in [0.1, 0.15) is 18.1 Å². The maximum absolute atomic E-state index is 6.14. The van der Waals surface area contributed by atoms with Crippen molar-refractivity contribution in [2.75, 3.05) is 19.0 Å². The molecular weight excluding hydrogens is 321 g/mol. The molecule has 0 aliphatic heterocycles. The fourth-order valence-electron chi connectivity index (χ4n) is 2.11. The summed E-state index contributed by atoms with van der Waals surface area (Å²) in [4.78, 5) is 0. The van der Waals surface area contributed by atoms with Crippen LogP contribution in [-0.2, 0) is 6.54 Å². The van der Waals surface area contributed by atoms with Gasteiger partial charge in [0.2, 0.25) is 0 Å². The van der Waals surface area contributed by atoms with Crippen LogP contribution in [0, 0.1) is 6.92 Å². The van der Waals surface area contributed by atoms with Gasteiger partial charge in [0.25, 0.3) is 0 Å². The van der Waals surface area contributed by atoms with Gasteiger partial charge in [-0.1, -0.05) is 29.3 Å². The third kappa shape index (κ3) is 3.99. The van der Waals surface area contributed by atoms with E-state index >= 15 is 0 Å². The molecule has 0 saturated carbocycles. The Kier molecular flexibility index (Phi) is 5.81. The molecule has 2 rings (SSSR count). The number of halogens is 2. The average Bonchev–Trinajstić information content (AvgIpc) is 2.50. The number of ether oxygens (including phenoxy) is 2. The number of aryl methyl sites for hydroxylation is 1. The number of hydrogen-bond donors (Lipinski definition) is 1. The van der Waals surface area contributed by atoms with Gasteiger partial charge in [0.15, 0.2) is 11.5 Å². The van der Waals surface area contributed by atoms with Gasteiger partial charge in [-0.25, -0.2) is 0 Å². The monoisotopic (exact) mass is 339 g/mol. The molecule has 0 aliphatic rings. The van der Waals surface area contributed by atoms with Crippen LogP contribution in [0.4, 0.5) is 5.69 Å². The van der Waals surface area contributed by atoms with Crippen molar-refractivity contribution in [1.82, 2.24) is 0 Å². The molecule has 0 atom stereocenters. The smallest absolute Gasteiger partial charge is 0.166 e. The van der Waals surface area contributed by atoms with Crippen molar-refractivity contribution in [3.63, 3.8) is 0 Å². The second kappa shape index (κ2) is 7.61. The van der Waals surface area contributed by atoms with E-state index in [0.29, 0.717) is 29.7 Å². The van der Waals surface area contributed by atoms with Crippen molar-refractivity contribution in [3.05, 3.63) is 51.5 Å². The normalized spacial score (nSPS) is 10.4. The highest BCUT2D eigenvalue weighted by Crippen LogP contribution is 2.35. The van der Waals surface area contributed by atoms with Gasteiger partial charge in [-0.05, 0) is 37.6 Å². The summed E-state index contributed by atoms with van der Waals surface area (Å²) in [6, 6.07) is 9.49. The molecule has 0 bridgehead atoms. The van der Waals surface area contributed by atoms with Crippen molar-refractivity contribution < 1.29 is 9.47 Å². The van der Waals surface area contributed by atoms with Crippen LogP contribution in [0.2, 0.25) is 10.0 Å². The van der Waals surface area contributed by atoms with E-state index in [1.807, 2.05) is 38.1 Å². The van der Waals surface area contributed by atoms with E-state index in [0.717, 1.165) is 21.8 Å². The lowest BCUT2D eigenvalue weighted by Crippen LogP contribution is -2.05. The zero-order valence-electron chi connectivity index (χ0n) is 12.9. The molecule has 0 aliphatic carbocycles. The van der Waals surface area contributed by atoms with Crippen LogP contribution in [0.15, 0.2) is 30.3 Å². The first-order chi connectivity index (χ1) is 10.5. The lowest BCUT2D eigenvalue weighted by atomic mass is 10.1. The Labute approximate surface area is 141 Å². The lowest BCUT2D eigenvalue weighted by molar-refractivity contribution is 0.308. The highest BCUT2D eigenvalue weighted by Gasteiger charge is 2.12. The number of hydrogen-bond acceptors (Lipinski definition) is 3. The van der Waals surface area contributed by atoms with Crippen molar-refractivity contribution in [2.24, 2.45) is 0 Å². The molecule has 22 heavy (non-hydrogen) atoms. The minimum atomic E-state index is 0.557. The number of benzene rings is 2. The maximum Gasteiger partial charge on any atom is 0.166 e. The van der Waals surface area contributed by atoms with Crippen LogP contribution >= 0.6 is 23.2 Å². The molecular formula is C17H19Cl2NO2. The summed E-state index contributed by atoms with van der Waals surface area (Å²) in [5.41, 5.74) is 2.92. The standard InChI is InChI=1S/C17H19Cl2NO2/c1-4-22-17-12(7-13(18)8-16(17)21-3)10-20-14-6-5-11(2)15(19)9-14/h5-9,20H,4,10H2,1-3H3. The maximum atomic E-state index is 6.14. The minimum absolute atomic E-state index is 0.557. The highest BCUT2D eigenvalue weighted by atomic mass is 35.5. The Morgan fingerprint density at radius 3 is 2.55 bits per heavy atom. The number of nitrogens with one attached hydrogen (secondary N) is 1. The van der Waals surface area contributed by atoms with E-state index in [2.05, 4.69) is 5.32 Å². The topological polar surface area (TPSA) is 30.5 Å². The van der Waals surface area contributed by atoms with Crippen LogP contribution in [-0.4, -0.2) is 13.7 Å². The van der Waals surface area contributed by atoms with Crippen molar-refractivity contribution in [1.29, 1.82) is 0 Å². The van der Waals surface area contributed by atoms with E-state index in [4.69, 9.17) is 32.7 Å². The molecule has 2 aromatic carbocycles. The van der Waals surface area contributed by atoms with Crippen molar-refractivity contribution in [3.8, 4) is 11.5 Å². The zero-order valence-corrected chi connectivity index (χ0v) is 14.4. The largest absolute Gasteiger partial charge is 0.493 e. The molecule has 5 heteroatoms. The Hall–Kier alpha value is -1.58. The first-order valence-corrected chi connectivity index (χ1v) is 7.80. The van der Waals surface area contributed by atoms with Gasteiger partial charge >= 0.3 is 0 Å². The zero-order chi connectivity index (χ0) is 16.1. The Morgan fingerprint density at radius 1 is 1.14 bits per heavy atom. The number of anilines is 1. The van der Waals surface area contributed by atoms with Gasteiger partial charge in [-0.15, -0.1) is 0 Å². The van der Waals surface area contributed by atoms with E-state index in [1.54, 1.807) is 13.2 Å². The predicted molar refractivity (Wildman–Crippen MR) is 92.7 cm³/mol. The first kappa shape index (κ1) is 16.8. The predicted octanol–water partition coefficient (Wildman–Crippen LogP) is 5.32. The van der Waals surface area contributed by atoms with Crippen LogP contribution in [0.5, 0.6) is 11.5 Å². The summed E-state index contributed by atoms with van der Waals surface area (Å²) in [6.45, 7) is 5.03. The van der Waals surface area contributed by atoms with Gasteiger partial charge in [-0.3, -0.25) is 0 Å². The number of methoxy groups -OCH3 is 1. The molecule has 0 spiro atoms. The second-order valence-electron chi connectivity index (χ2n) is 4.85. The fourth-order valence-corrected chi connectivity index (χ4v) is 2.53. The Morgan fingerprint density at radius 2 is 1.91 bits per heavy atom. The second-order valence-corrected chi connectivity index (χ2v) is 5.69. The van der Waals surface area contributed by atoms with Gasteiger partial charge in [-0.2, -0.15) is 0 Å². The van der Waals surface area contributed by atoms with Gasteiger partial charge < -0.3 is 14.8 Å². The summed E-state index contributed by atoms with van der Waals surface area (Å²) in [5, 5.41) is 4.67.